The van der Waals surface area contributed by atoms with E-state index in [1.54, 1.807) is 4.68 Å². The Morgan fingerprint density at radius 1 is 1.41 bits per heavy atom. The van der Waals surface area contributed by atoms with Crippen molar-refractivity contribution in [2.45, 2.75) is 39.0 Å². The lowest BCUT2D eigenvalue weighted by Gasteiger charge is -2.26. The second kappa shape index (κ2) is 4.76. The van der Waals surface area contributed by atoms with Crippen molar-refractivity contribution in [1.82, 2.24) is 15.2 Å². The predicted molar refractivity (Wildman–Crippen MR) is 65.9 cm³/mol. The quantitative estimate of drug-likeness (QED) is 0.608. The van der Waals surface area contributed by atoms with Gasteiger partial charge in [-0.25, -0.2) is 0 Å². The Morgan fingerprint density at radius 2 is 2.12 bits per heavy atom. The van der Waals surface area contributed by atoms with Crippen LogP contribution in [-0.4, -0.2) is 22.0 Å². The predicted octanol–water partition coefficient (Wildman–Crippen LogP) is 0.984. The van der Waals surface area contributed by atoms with E-state index in [9.17, 15) is 0 Å². The number of hydrogen-bond acceptors (Lipinski definition) is 4. The van der Waals surface area contributed by atoms with Crippen LogP contribution in [0.5, 0.6) is 0 Å². The first kappa shape index (κ1) is 12.5. The number of aromatic nitrogens is 2. The molecule has 1 aliphatic heterocycles. The normalized spacial score (nSPS) is 35.1. The molecule has 2 heterocycles. The Hall–Kier alpha value is -0.910. The van der Waals surface area contributed by atoms with Crippen molar-refractivity contribution in [2.24, 2.45) is 24.7 Å². The van der Waals surface area contributed by atoms with Gasteiger partial charge in [-0.05, 0) is 25.8 Å². The van der Waals surface area contributed by atoms with Gasteiger partial charge in [0, 0.05) is 19.2 Å². The minimum absolute atomic E-state index is 0.0474. The van der Waals surface area contributed by atoms with Crippen LogP contribution in [0, 0.1) is 11.8 Å². The fraction of sp³-hybridized carbons (Fsp3) is 0.750. The lowest BCUT2D eigenvalue weighted by molar-refractivity contribution is 0.0473. The first-order valence-electron chi connectivity index (χ1n) is 6.15. The molecule has 1 aromatic heterocycles. The number of hydrogen-bond donors (Lipinski definition) is 2. The topological polar surface area (TPSA) is 65.1 Å². The van der Waals surface area contributed by atoms with Gasteiger partial charge in [-0.2, -0.15) is 5.10 Å². The second-order valence-corrected chi connectivity index (χ2v) is 5.04. The van der Waals surface area contributed by atoms with Gasteiger partial charge in [-0.1, -0.05) is 6.92 Å². The molecule has 96 valence electrons. The SMILES string of the molecule is CC1OC(C)C(C(NN)c2ccn(C)n2)C1C. The van der Waals surface area contributed by atoms with Crippen molar-refractivity contribution < 1.29 is 4.74 Å². The maximum absolute atomic E-state index is 5.87. The molecule has 0 radical (unpaired) electrons. The van der Waals surface area contributed by atoms with Gasteiger partial charge in [0.25, 0.3) is 0 Å². The summed E-state index contributed by atoms with van der Waals surface area (Å²) in [4.78, 5) is 0. The van der Waals surface area contributed by atoms with Crippen LogP contribution in [0.15, 0.2) is 12.3 Å². The van der Waals surface area contributed by atoms with Gasteiger partial charge in [-0.3, -0.25) is 16.0 Å². The average Bonchev–Trinajstić information content (AvgIpc) is 2.79. The highest BCUT2D eigenvalue weighted by atomic mass is 16.5. The number of ether oxygens (including phenoxy) is 1. The molecule has 0 spiro atoms. The second-order valence-electron chi connectivity index (χ2n) is 5.04. The summed E-state index contributed by atoms with van der Waals surface area (Å²) in [5.41, 5.74) is 3.88. The molecule has 1 saturated heterocycles. The molecule has 0 amide bonds. The largest absolute Gasteiger partial charge is 0.375 e. The minimum atomic E-state index is 0.0474. The first-order chi connectivity index (χ1) is 8.04. The van der Waals surface area contributed by atoms with Gasteiger partial charge in [0.1, 0.15) is 0 Å². The molecular weight excluding hydrogens is 216 g/mol. The molecule has 5 unspecified atom stereocenters. The smallest absolute Gasteiger partial charge is 0.0811 e. The van der Waals surface area contributed by atoms with Crippen LogP contribution in [0.2, 0.25) is 0 Å². The molecule has 5 heteroatoms. The van der Waals surface area contributed by atoms with Gasteiger partial charge in [-0.15, -0.1) is 0 Å². The summed E-state index contributed by atoms with van der Waals surface area (Å²) in [6, 6.07) is 2.05. The van der Waals surface area contributed by atoms with Crippen molar-refractivity contribution in [1.29, 1.82) is 0 Å². The van der Waals surface area contributed by atoms with Gasteiger partial charge < -0.3 is 4.74 Å². The molecule has 1 fully saturated rings. The van der Waals surface area contributed by atoms with Crippen molar-refractivity contribution in [2.75, 3.05) is 0 Å². The molecule has 0 saturated carbocycles. The number of rotatable bonds is 3. The van der Waals surface area contributed by atoms with Gasteiger partial charge in [0.2, 0.25) is 0 Å². The third-order valence-electron chi connectivity index (χ3n) is 3.94. The Kier molecular flexibility index (Phi) is 3.51. The van der Waals surface area contributed by atoms with Crippen molar-refractivity contribution in [3.63, 3.8) is 0 Å². The van der Waals surface area contributed by atoms with Crippen LogP contribution in [0.3, 0.4) is 0 Å². The number of aryl methyl sites for hydroxylation is 1. The van der Waals surface area contributed by atoms with E-state index in [-0.39, 0.29) is 18.2 Å². The van der Waals surface area contributed by atoms with Gasteiger partial charge in [0.15, 0.2) is 0 Å². The third-order valence-corrected chi connectivity index (χ3v) is 3.94. The fourth-order valence-corrected chi connectivity index (χ4v) is 2.86. The fourth-order valence-electron chi connectivity index (χ4n) is 2.86. The van der Waals surface area contributed by atoms with Crippen LogP contribution in [0.4, 0.5) is 0 Å². The number of nitrogens with zero attached hydrogens (tertiary/aromatic N) is 2. The van der Waals surface area contributed by atoms with E-state index in [4.69, 9.17) is 10.6 Å². The van der Waals surface area contributed by atoms with Crippen LogP contribution in [-0.2, 0) is 11.8 Å². The Morgan fingerprint density at radius 3 is 2.53 bits per heavy atom. The van der Waals surface area contributed by atoms with Crippen LogP contribution >= 0.6 is 0 Å². The van der Waals surface area contributed by atoms with E-state index in [0.717, 1.165) is 5.69 Å². The van der Waals surface area contributed by atoms with E-state index >= 15 is 0 Å². The summed E-state index contributed by atoms with van der Waals surface area (Å²) in [6.07, 6.45) is 2.41. The number of hydrazine groups is 1. The average molecular weight is 238 g/mol. The highest BCUT2D eigenvalue weighted by Gasteiger charge is 2.42. The minimum Gasteiger partial charge on any atom is -0.375 e. The highest BCUT2D eigenvalue weighted by molar-refractivity contribution is 5.09. The molecule has 0 aliphatic carbocycles. The monoisotopic (exact) mass is 238 g/mol. The van der Waals surface area contributed by atoms with Crippen LogP contribution < -0.4 is 11.3 Å². The molecule has 0 aromatic carbocycles. The molecule has 17 heavy (non-hydrogen) atoms. The molecule has 5 nitrogen and oxygen atoms in total. The maximum atomic E-state index is 5.87. The lowest BCUT2D eigenvalue weighted by atomic mass is 9.82. The van der Waals surface area contributed by atoms with Crippen LogP contribution in [0.25, 0.3) is 0 Å². The summed E-state index contributed by atoms with van der Waals surface area (Å²) in [5, 5.41) is 4.44. The Balaban J connectivity index is 2.24. The number of nitrogens with one attached hydrogen (secondary N) is 1. The van der Waals surface area contributed by atoms with Crippen molar-refractivity contribution in [3.8, 4) is 0 Å². The standard InChI is InChI=1S/C12H22N4O/c1-7-8(2)17-9(3)11(7)12(14-13)10-5-6-16(4)15-10/h5-9,11-12,14H,13H2,1-4H3. The molecule has 1 aromatic rings. The third kappa shape index (κ3) is 2.22. The summed E-state index contributed by atoms with van der Waals surface area (Å²) in [7, 11) is 1.91. The van der Waals surface area contributed by atoms with E-state index < -0.39 is 0 Å². The van der Waals surface area contributed by atoms with E-state index in [1.165, 1.54) is 0 Å². The molecule has 2 rings (SSSR count). The summed E-state index contributed by atoms with van der Waals surface area (Å²) < 4.78 is 7.67. The number of nitrogens with two attached hydrogens (primary N) is 1. The zero-order valence-corrected chi connectivity index (χ0v) is 10.9. The van der Waals surface area contributed by atoms with E-state index in [2.05, 4.69) is 31.3 Å². The molecule has 3 N–H and O–H groups in total. The summed E-state index contributed by atoms with van der Waals surface area (Å²) in [6.45, 7) is 6.44. The van der Waals surface area contributed by atoms with Crippen LogP contribution in [0.1, 0.15) is 32.5 Å². The zero-order valence-electron chi connectivity index (χ0n) is 10.9. The molecule has 5 atom stereocenters. The zero-order chi connectivity index (χ0) is 12.6. The maximum Gasteiger partial charge on any atom is 0.0811 e. The van der Waals surface area contributed by atoms with Gasteiger partial charge >= 0.3 is 0 Å². The first-order valence-corrected chi connectivity index (χ1v) is 6.15. The highest BCUT2D eigenvalue weighted by Crippen LogP contribution is 2.39. The van der Waals surface area contributed by atoms with Crippen molar-refractivity contribution >= 4 is 0 Å². The lowest BCUT2D eigenvalue weighted by Crippen LogP contribution is -2.39. The summed E-state index contributed by atoms with van der Waals surface area (Å²) in [5.74, 6) is 6.53. The molecule has 0 bridgehead atoms. The molecule has 1 aliphatic rings. The Bertz CT molecular complexity index is 378. The molecular formula is C12H22N4O. The van der Waals surface area contributed by atoms with Crippen molar-refractivity contribution in [3.05, 3.63) is 18.0 Å². The van der Waals surface area contributed by atoms with E-state index in [1.807, 2.05) is 19.3 Å². The van der Waals surface area contributed by atoms with Gasteiger partial charge in [0.05, 0.1) is 23.9 Å². The van der Waals surface area contributed by atoms with E-state index in [0.29, 0.717) is 11.8 Å². The Labute approximate surface area is 102 Å². The summed E-state index contributed by atoms with van der Waals surface area (Å²) >= 11 is 0.